The van der Waals surface area contributed by atoms with Crippen LogP contribution >= 0.6 is 0 Å². The topological polar surface area (TPSA) is 153 Å². The monoisotopic (exact) mass is 699 g/mol. The van der Waals surface area contributed by atoms with Gasteiger partial charge in [-0.1, -0.05) is 52.5 Å². The van der Waals surface area contributed by atoms with Crippen LogP contribution < -0.4 is 25.7 Å². The van der Waals surface area contributed by atoms with Crippen molar-refractivity contribution in [3.8, 4) is 39.9 Å². The summed E-state index contributed by atoms with van der Waals surface area (Å²) in [5.74, 6) is 3.23. The number of unbranched alkanes of at least 4 members (excludes halogenated alkanes) is 2. The van der Waals surface area contributed by atoms with Crippen molar-refractivity contribution in [3.05, 3.63) is 64.2 Å². The molecule has 0 saturated heterocycles. The molecule has 6 rings (SSSR count). The van der Waals surface area contributed by atoms with E-state index in [2.05, 4.69) is 31.8 Å². The molecule has 1 aliphatic heterocycles. The number of aliphatic hydroxyl groups excluding tert-OH is 1. The number of methoxy groups -OCH3 is 1. The highest BCUT2D eigenvalue weighted by Gasteiger charge is 2.38. The molecule has 3 aliphatic rings. The van der Waals surface area contributed by atoms with Crippen LogP contribution in [0, 0.1) is 11.8 Å². The van der Waals surface area contributed by atoms with Crippen LogP contribution in [0.3, 0.4) is 0 Å². The lowest BCUT2D eigenvalue weighted by atomic mass is 9.72. The molecule has 9 nitrogen and oxygen atoms in total. The van der Waals surface area contributed by atoms with E-state index in [0.717, 1.165) is 110 Å². The van der Waals surface area contributed by atoms with Gasteiger partial charge in [-0.2, -0.15) is 0 Å². The fourth-order valence-electron chi connectivity index (χ4n) is 8.64. The zero-order valence-electron chi connectivity index (χ0n) is 30.8. The zero-order chi connectivity index (χ0) is 36.2. The third kappa shape index (κ3) is 8.03. The van der Waals surface area contributed by atoms with Crippen LogP contribution in [0.1, 0.15) is 118 Å². The number of benzene rings is 3. The Kier molecular flexibility index (Phi) is 11.5. The first kappa shape index (κ1) is 36.7. The predicted molar refractivity (Wildman–Crippen MR) is 202 cm³/mol. The molecule has 0 unspecified atom stereocenters. The van der Waals surface area contributed by atoms with E-state index in [4.69, 9.17) is 25.7 Å². The van der Waals surface area contributed by atoms with Gasteiger partial charge in [-0.3, -0.25) is 4.99 Å². The van der Waals surface area contributed by atoms with Gasteiger partial charge in [0, 0.05) is 30.2 Å². The van der Waals surface area contributed by atoms with Crippen molar-refractivity contribution in [2.24, 2.45) is 28.3 Å². The molecule has 276 valence electrons. The molecule has 1 heterocycles. The SMILES string of the molecule is CCCCC[C@@H]1Cc2cc(O)c(CC(C)C)cc2-c2c(OC)cc3c(c21)C[C@@H](O)[C@H](c1ccc(O)c(O[C@@H]2CCCC[C@@H]2CCN=C(N)N)c1)O3. The summed E-state index contributed by atoms with van der Waals surface area (Å²) in [4.78, 5) is 4.17. The molecule has 2 aliphatic carbocycles. The van der Waals surface area contributed by atoms with Crippen LogP contribution in [0.5, 0.6) is 28.7 Å². The minimum Gasteiger partial charge on any atom is -0.508 e. The fourth-order valence-corrected chi connectivity index (χ4v) is 8.64. The number of hydrogen-bond acceptors (Lipinski definition) is 7. The Morgan fingerprint density at radius 2 is 1.78 bits per heavy atom. The molecule has 0 aromatic heterocycles. The van der Waals surface area contributed by atoms with Gasteiger partial charge < -0.3 is 41.0 Å². The quantitative estimate of drug-likeness (QED) is 0.0688. The number of aliphatic hydroxyl groups is 1. The van der Waals surface area contributed by atoms with Gasteiger partial charge in [0.1, 0.15) is 29.5 Å². The smallest absolute Gasteiger partial charge is 0.185 e. The van der Waals surface area contributed by atoms with E-state index in [-0.39, 0.29) is 29.6 Å². The van der Waals surface area contributed by atoms with Gasteiger partial charge in [-0.15, -0.1) is 0 Å². The number of rotatable bonds is 13. The summed E-state index contributed by atoms with van der Waals surface area (Å²) in [5, 5.41) is 33.7. The Bertz CT molecular complexity index is 1720. The van der Waals surface area contributed by atoms with E-state index >= 15 is 0 Å². The number of aromatic hydroxyl groups is 2. The Labute approximate surface area is 303 Å². The van der Waals surface area contributed by atoms with E-state index in [9.17, 15) is 15.3 Å². The van der Waals surface area contributed by atoms with E-state index in [1.807, 2.05) is 18.2 Å². The molecule has 9 heteroatoms. The number of phenols is 2. The highest BCUT2D eigenvalue weighted by molar-refractivity contribution is 5.83. The first-order valence-electron chi connectivity index (χ1n) is 19.1. The van der Waals surface area contributed by atoms with E-state index < -0.39 is 12.2 Å². The van der Waals surface area contributed by atoms with Crippen LogP contribution in [0.2, 0.25) is 0 Å². The van der Waals surface area contributed by atoms with Gasteiger partial charge in [0.2, 0.25) is 0 Å². The molecule has 1 fully saturated rings. The molecule has 3 aromatic carbocycles. The Balaban J connectivity index is 1.34. The van der Waals surface area contributed by atoms with Crippen LogP contribution in [0.4, 0.5) is 0 Å². The van der Waals surface area contributed by atoms with E-state index in [1.165, 1.54) is 5.56 Å². The van der Waals surface area contributed by atoms with Gasteiger partial charge in [0.25, 0.3) is 0 Å². The summed E-state index contributed by atoms with van der Waals surface area (Å²) in [6.07, 6.45) is 9.74. The van der Waals surface area contributed by atoms with Gasteiger partial charge in [-0.25, -0.2) is 0 Å². The second-order valence-corrected chi connectivity index (χ2v) is 15.3. The number of nitrogens with two attached hydrogens (primary N) is 2. The van der Waals surface area contributed by atoms with Crippen LogP contribution in [-0.4, -0.2) is 47.1 Å². The van der Waals surface area contributed by atoms with E-state index in [0.29, 0.717) is 36.1 Å². The first-order chi connectivity index (χ1) is 24.6. The van der Waals surface area contributed by atoms with Crippen LogP contribution in [0.25, 0.3) is 11.1 Å². The largest absolute Gasteiger partial charge is 0.508 e. The normalized spacial score (nSPS) is 22.4. The lowest BCUT2D eigenvalue weighted by Crippen LogP contribution is -2.33. The third-order valence-corrected chi connectivity index (χ3v) is 11.1. The highest BCUT2D eigenvalue weighted by atomic mass is 16.5. The molecule has 51 heavy (non-hydrogen) atoms. The second-order valence-electron chi connectivity index (χ2n) is 15.3. The maximum Gasteiger partial charge on any atom is 0.185 e. The van der Waals surface area contributed by atoms with Crippen molar-refractivity contribution >= 4 is 5.96 Å². The average molecular weight is 700 g/mol. The summed E-state index contributed by atoms with van der Waals surface area (Å²) in [6.45, 7) is 7.09. The van der Waals surface area contributed by atoms with Gasteiger partial charge in [0.15, 0.2) is 17.5 Å². The molecule has 3 aromatic rings. The third-order valence-electron chi connectivity index (χ3n) is 11.1. The molecule has 1 saturated carbocycles. The number of ether oxygens (including phenoxy) is 3. The number of hydrogen-bond donors (Lipinski definition) is 5. The molecule has 0 radical (unpaired) electrons. The minimum atomic E-state index is -0.816. The van der Waals surface area contributed by atoms with Crippen molar-refractivity contribution in [1.82, 2.24) is 0 Å². The Morgan fingerprint density at radius 3 is 2.53 bits per heavy atom. The zero-order valence-corrected chi connectivity index (χ0v) is 30.8. The second kappa shape index (κ2) is 16.1. The van der Waals surface area contributed by atoms with Crippen molar-refractivity contribution in [3.63, 3.8) is 0 Å². The minimum absolute atomic E-state index is 0.0604. The van der Waals surface area contributed by atoms with Gasteiger partial charge in [0.05, 0.1) is 13.2 Å². The predicted octanol–water partition coefficient (Wildman–Crippen LogP) is 7.83. The van der Waals surface area contributed by atoms with Crippen molar-refractivity contribution < 1.29 is 29.5 Å². The van der Waals surface area contributed by atoms with Crippen LogP contribution in [-0.2, 0) is 19.3 Å². The fraction of sp³-hybridized carbons (Fsp3) is 0.548. The lowest BCUT2D eigenvalue weighted by molar-refractivity contribution is 0.0198. The Hall–Kier alpha value is -4.11. The van der Waals surface area contributed by atoms with Crippen molar-refractivity contribution in [2.75, 3.05) is 13.7 Å². The molecule has 0 amide bonds. The summed E-state index contributed by atoms with van der Waals surface area (Å²) < 4.78 is 19.4. The maximum atomic E-state index is 11.8. The maximum absolute atomic E-state index is 11.8. The summed E-state index contributed by atoms with van der Waals surface area (Å²) in [7, 11) is 1.70. The number of aliphatic imine (C=N–C) groups is 1. The van der Waals surface area contributed by atoms with E-state index in [1.54, 1.807) is 19.2 Å². The van der Waals surface area contributed by atoms with Gasteiger partial charge >= 0.3 is 0 Å². The summed E-state index contributed by atoms with van der Waals surface area (Å²) >= 11 is 0. The first-order valence-corrected chi connectivity index (χ1v) is 19.1. The summed E-state index contributed by atoms with van der Waals surface area (Å²) in [6, 6.07) is 11.3. The number of nitrogens with zero attached hydrogens (tertiary/aromatic N) is 1. The Morgan fingerprint density at radius 1 is 0.980 bits per heavy atom. The molecular weight excluding hydrogens is 642 g/mol. The lowest BCUT2D eigenvalue weighted by Gasteiger charge is -2.38. The van der Waals surface area contributed by atoms with Crippen molar-refractivity contribution in [2.45, 2.75) is 122 Å². The molecular formula is C42H57N3O6. The number of phenolic OH excluding ortho intramolecular Hbond substituents is 2. The average Bonchev–Trinajstić information content (AvgIpc) is 3.09. The van der Waals surface area contributed by atoms with Crippen molar-refractivity contribution in [1.29, 1.82) is 0 Å². The number of guanidine groups is 1. The molecule has 0 spiro atoms. The number of fused-ring (bicyclic) bond motifs is 5. The standard InChI is InChI=1S/C42H57N3O6/c1-5-6-7-11-26-18-28-20-33(47)29(17-24(2)3)19-30(28)40-38(49-4)23-36-31(39(26)40)22-34(48)41(51-36)27-13-14-32(46)37(21-27)50-35-12-9-8-10-25(35)15-16-45-42(43)44/h13-14,19-21,23-26,34-35,41,46-48H,5-12,15-18,22H2,1-4H3,(H4,43,44,45)/t25-,26-,34-,35-,41+/m1/s1. The molecule has 0 bridgehead atoms. The van der Waals surface area contributed by atoms with Gasteiger partial charge in [-0.05, 0) is 115 Å². The summed E-state index contributed by atoms with van der Waals surface area (Å²) in [5.41, 5.74) is 18.3. The van der Waals surface area contributed by atoms with Crippen LogP contribution in [0.15, 0.2) is 41.4 Å². The molecule has 7 N–H and O–H groups in total. The molecule has 5 atom stereocenters. The highest BCUT2D eigenvalue weighted by Crippen LogP contribution is 2.54.